The van der Waals surface area contributed by atoms with Crippen molar-refractivity contribution in [1.29, 1.82) is 0 Å². The van der Waals surface area contributed by atoms with Crippen LogP contribution in [0.2, 0.25) is 5.02 Å². The fourth-order valence-electron chi connectivity index (χ4n) is 3.70. The average Bonchev–Trinajstić information content (AvgIpc) is 2.77. The van der Waals surface area contributed by atoms with E-state index in [0.717, 1.165) is 5.69 Å². The van der Waals surface area contributed by atoms with E-state index < -0.39 is 6.04 Å². The van der Waals surface area contributed by atoms with Crippen LogP contribution in [0, 0.1) is 11.8 Å². The number of para-hydroxylation sites is 1. The van der Waals surface area contributed by atoms with Gasteiger partial charge in [-0.05, 0) is 43.0 Å². The largest absolute Gasteiger partial charge is 0.341 e. The Bertz CT molecular complexity index is 925. The maximum Gasteiger partial charge on any atom is 0.253 e. The Labute approximate surface area is 188 Å². The lowest BCUT2D eigenvalue weighted by atomic mass is 9.94. The van der Waals surface area contributed by atoms with Crippen LogP contribution in [0.25, 0.3) is 0 Å². The Hall–Kier alpha value is -2.86. The van der Waals surface area contributed by atoms with Gasteiger partial charge in [-0.3, -0.25) is 14.4 Å². The van der Waals surface area contributed by atoms with Crippen molar-refractivity contribution in [2.24, 2.45) is 11.8 Å². The Kier molecular flexibility index (Phi) is 7.69. The maximum absolute atomic E-state index is 13.1. The quantitative estimate of drug-likeness (QED) is 0.711. The molecule has 1 aliphatic heterocycles. The number of halogens is 1. The fraction of sp³-hybridized carbons (Fsp3) is 0.375. The topological polar surface area (TPSA) is 78.5 Å². The Morgan fingerprint density at radius 3 is 2.19 bits per heavy atom. The molecule has 2 N–H and O–H groups in total. The second-order valence-electron chi connectivity index (χ2n) is 8.13. The second-order valence-corrected chi connectivity index (χ2v) is 8.54. The van der Waals surface area contributed by atoms with E-state index in [0.29, 0.717) is 36.5 Å². The fourth-order valence-corrected chi connectivity index (χ4v) is 3.92. The highest BCUT2D eigenvalue weighted by molar-refractivity contribution is 6.33. The third-order valence-corrected chi connectivity index (χ3v) is 5.89. The summed E-state index contributed by atoms with van der Waals surface area (Å²) in [6, 6.07) is 15.5. The van der Waals surface area contributed by atoms with Gasteiger partial charge in [0, 0.05) is 24.7 Å². The van der Waals surface area contributed by atoms with E-state index in [1.165, 1.54) is 0 Å². The summed E-state index contributed by atoms with van der Waals surface area (Å²) in [5, 5.41) is 6.13. The van der Waals surface area contributed by atoms with Gasteiger partial charge in [-0.1, -0.05) is 55.8 Å². The standard InChI is InChI=1S/C24H28ClN3O3/c1-16(2)21(27-23(30)19-10-6-7-11-20(19)25)24(31)28-14-12-17(13-15-28)22(29)26-18-8-4-3-5-9-18/h3-11,16-17,21H,12-15H2,1-2H3,(H,26,29)(H,27,30). The summed E-state index contributed by atoms with van der Waals surface area (Å²) in [5.74, 6) is -0.740. The number of nitrogens with zero attached hydrogens (tertiary/aromatic N) is 1. The lowest BCUT2D eigenvalue weighted by Crippen LogP contribution is -2.53. The first-order valence-corrected chi connectivity index (χ1v) is 10.9. The van der Waals surface area contributed by atoms with Crippen LogP contribution in [0.4, 0.5) is 5.69 Å². The van der Waals surface area contributed by atoms with E-state index >= 15 is 0 Å². The summed E-state index contributed by atoms with van der Waals surface area (Å²) >= 11 is 6.12. The zero-order valence-electron chi connectivity index (χ0n) is 17.8. The van der Waals surface area contributed by atoms with Gasteiger partial charge in [0.2, 0.25) is 11.8 Å². The predicted octanol–water partition coefficient (Wildman–Crippen LogP) is 3.97. The van der Waals surface area contributed by atoms with Crippen molar-refractivity contribution in [2.45, 2.75) is 32.7 Å². The van der Waals surface area contributed by atoms with Crippen LogP contribution in [0.1, 0.15) is 37.0 Å². The zero-order valence-corrected chi connectivity index (χ0v) is 18.6. The van der Waals surface area contributed by atoms with Crippen molar-refractivity contribution in [1.82, 2.24) is 10.2 Å². The summed E-state index contributed by atoms with van der Waals surface area (Å²) in [6.07, 6.45) is 1.18. The molecule has 7 heteroatoms. The smallest absolute Gasteiger partial charge is 0.253 e. The Morgan fingerprint density at radius 2 is 1.58 bits per heavy atom. The van der Waals surface area contributed by atoms with Crippen LogP contribution in [0.15, 0.2) is 54.6 Å². The molecule has 0 radical (unpaired) electrons. The molecule has 1 aliphatic rings. The molecule has 0 saturated carbocycles. The van der Waals surface area contributed by atoms with Crippen LogP contribution >= 0.6 is 11.6 Å². The lowest BCUT2D eigenvalue weighted by molar-refractivity contribution is -0.137. The molecule has 3 rings (SSSR count). The molecule has 164 valence electrons. The van der Waals surface area contributed by atoms with E-state index in [2.05, 4.69) is 10.6 Å². The monoisotopic (exact) mass is 441 g/mol. The Morgan fingerprint density at radius 1 is 0.968 bits per heavy atom. The van der Waals surface area contributed by atoms with E-state index in [4.69, 9.17) is 11.6 Å². The van der Waals surface area contributed by atoms with Gasteiger partial charge in [0.15, 0.2) is 0 Å². The number of likely N-dealkylation sites (tertiary alicyclic amines) is 1. The van der Waals surface area contributed by atoms with Crippen LogP contribution in [-0.4, -0.2) is 41.8 Å². The summed E-state index contributed by atoms with van der Waals surface area (Å²) in [6.45, 7) is 4.76. The SMILES string of the molecule is CC(C)C(NC(=O)c1ccccc1Cl)C(=O)N1CCC(C(=O)Nc2ccccc2)CC1. The Balaban J connectivity index is 1.58. The van der Waals surface area contributed by atoms with Crippen LogP contribution in [0.5, 0.6) is 0 Å². The lowest BCUT2D eigenvalue weighted by Gasteiger charge is -2.35. The third kappa shape index (κ3) is 5.85. The third-order valence-electron chi connectivity index (χ3n) is 5.56. The molecule has 6 nitrogen and oxygen atoms in total. The van der Waals surface area contributed by atoms with Crippen molar-refractivity contribution < 1.29 is 14.4 Å². The van der Waals surface area contributed by atoms with Gasteiger partial charge in [0.1, 0.15) is 6.04 Å². The maximum atomic E-state index is 13.1. The zero-order chi connectivity index (χ0) is 22.4. The van der Waals surface area contributed by atoms with Crippen molar-refractivity contribution in [3.63, 3.8) is 0 Å². The number of carbonyl (C=O) groups excluding carboxylic acids is 3. The minimum absolute atomic E-state index is 0.0225. The molecule has 2 aromatic carbocycles. The van der Waals surface area contributed by atoms with Crippen molar-refractivity contribution >= 4 is 35.0 Å². The molecule has 1 atom stereocenters. The first-order chi connectivity index (χ1) is 14.9. The summed E-state index contributed by atoms with van der Waals surface area (Å²) in [7, 11) is 0. The van der Waals surface area contributed by atoms with Gasteiger partial charge in [-0.2, -0.15) is 0 Å². The van der Waals surface area contributed by atoms with Gasteiger partial charge >= 0.3 is 0 Å². The minimum atomic E-state index is -0.654. The highest BCUT2D eigenvalue weighted by atomic mass is 35.5. The van der Waals surface area contributed by atoms with Crippen molar-refractivity contribution in [2.75, 3.05) is 18.4 Å². The summed E-state index contributed by atoms with van der Waals surface area (Å²) in [4.78, 5) is 40.1. The van der Waals surface area contributed by atoms with Crippen molar-refractivity contribution in [3.05, 3.63) is 65.2 Å². The van der Waals surface area contributed by atoms with Crippen LogP contribution < -0.4 is 10.6 Å². The minimum Gasteiger partial charge on any atom is -0.341 e. The normalized spacial score (nSPS) is 15.4. The number of benzene rings is 2. The molecular formula is C24H28ClN3O3. The van der Waals surface area contributed by atoms with Gasteiger partial charge in [-0.15, -0.1) is 0 Å². The molecule has 1 unspecified atom stereocenters. The van der Waals surface area contributed by atoms with Crippen molar-refractivity contribution in [3.8, 4) is 0 Å². The molecule has 3 amide bonds. The highest BCUT2D eigenvalue weighted by Crippen LogP contribution is 2.22. The first kappa shape index (κ1) is 22.8. The van der Waals surface area contributed by atoms with E-state index in [1.54, 1.807) is 29.2 Å². The number of anilines is 1. The van der Waals surface area contributed by atoms with Crippen LogP contribution in [-0.2, 0) is 9.59 Å². The highest BCUT2D eigenvalue weighted by Gasteiger charge is 2.33. The summed E-state index contributed by atoms with van der Waals surface area (Å²) < 4.78 is 0. The van der Waals surface area contributed by atoms with Crippen LogP contribution in [0.3, 0.4) is 0 Å². The molecule has 1 heterocycles. The molecular weight excluding hydrogens is 414 g/mol. The molecule has 0 aromatic heterocycles. The number of amides is 3. The molecule has 1 saturated heterocycles. The van der Waals surface area contributed by atoms with Gasteiger partial charge in [0.05, 0.1) is 10.6 Å². The van der Waals surface area contributed by atoms with Gasteiger partial charge in [-0.25, -0.2) is 0 Å². The average molecular weight is 442 g/mol. The molecule has 0 spiro atoms. The van der Waals surface area contributed by atoms with Gasteiger partial charge < -0.3 is 15.5 Å². The number of carbonyl (C=O) groups is 3. The predicted molar refractivity (Wildman–Crippen MR) is 122 cm³/mol. The van der Waals surface area contributed by atoms with E-state index in [1.807, 2.05) is 44.2 Å². The number of piperidine rings is 1. The van der Waals surface area contributed by atoms with E-state index in [-0.39, 0.29) is 29.6 Å². The number of hydrogen-bond donors (Lipinski definition) is 2. The first-order valence-electron chi connectivity index (χ1n) is 10.6. The number of hydrogen-bond acceptors (Lipinski definition) is 3. The number of nitrogens with one attached hydrogen (secondary N) is 2. The summed E-state index contributed by atoms with van der Waals surface area (Å²) in [5.41, 5.74) is 1.12. The van der Waals surface area contributed by atoms with E-state index in [9.17, 15) is 14.4 Å². The van der Waals surface area contributed by atoms with Gasteiger partial charge in [0.25, 0.3) is 5.91 Å². The molecule has 0 aliphatic carbocycles. The molecule has 0 bridgehead atoms. The second kappa shape index (κ2) is 10.4. The molecule has 1 fully saturated rings. The molecule has 31 heavy (non-hydrogen) atoms. The molecule has 2 aromatic rings. The number of rotatable bonds is 6.